The predicted molar refractivity (Wildman–Crippen MR) is 111 cm³/mol. The zero-order valence-electron chi connectivity index (χ0n) is 16.4. The van der Waals surface area contributed by atoms with Gasteiger partial charge in [-0.1, -0.05) is 57.2 Å². The van der Waals surface area contributed by atoms with Crippen molar-refractivity contribution >= 4 is 16.8 Å². The molecule has 0 bridgehead atoms. The number of hydrogen-bond acceptors (Lipinski definition) is 2. The molecule has 0 unspecified atom stereocenters. The summed E-state index contributed by atoms with van der Waals surface area (Å²) in [6, 6.07) is 16.6. The van der Waals surface area contributed by atoms with Crippen molar-refractivity contribution < 1.29 is 0 Å². The van der Waals surface area contributed by atoms with Crippen molar-refractivity contribution in [3.63, 3.8) is 0 Å². The molecule has 2 aromatic carbocycles. The molecule has 0 amide bonds. The molecule has 0 saturated carbocycles. The molecule has 0 atom stereocenters. The van der Waals surface area contributed by atoms with Crippen LogP contribution in [0.2, 0.25) is 0 Å². The van der Waals surface area contributed by atoms with Gasteiger partial charge in [0, 0.05) is 5.56 Å². The smallest absolute Gasteiger partial charge is 0.263 e. The summed E-state index contributed by atoms with van der Waals surface area (Å²) >= 11 is 0. The molecule has 4 nitrogen and oxygen atoms in total. The summed E-state index contributed by atoms with van der Waals surface area (Å²) in [5.41, 5.74) is 6.10. The Morgan fingerprint density at radius 2 is 1.78 bits per heavy atom. The van der Waals surface area contributed by atoms with Crippen molar-refractivity contribution in [2.24, 2.45) is 0 Å². The van der Waals surface area contributed by atoms with E-state index in [9.17, 15) is 4.79 Å². The fraction of sp³-hybridized carbons (Fsp3) is 0.304. The molecule has 4 heteroatoms. The van der Waals surface area contributed by atoms with Gasteiger partial charge >= 0.3 is 0 Å². The maximum Gasteiger partial charge on any atom is 0.263 e. The lowest BCUT2D eigenvalue weighted by Gasteiger charge is -2.12. The average Bonchev–Trinajstić information content (AvgIpc) is 2.95. The molecular formula is C23H25N3O. The van der Waals surface area contributed by atoms with E-state index in [2.05, 4.69) is 55.7 Å². The van der Waals surface area contributed by atoms with Gasteiger partial charge in [0.2, 0.25) is 5.78 Å². The molecule has 4 aromatic rings. The molecule has 0 spiro atoms. The lowest BCUT2D eigenvalue weighted by atomic mass is 10.0. The van der Waals surface area contributed by atoms with Gasteiger partial charge in [0.1, 0.15) is 0 Å². The Morgan fingerprint density at radius 3 is 2.44 bits per heavy atom. The van der Waals surface area contributed by atoms with Gasteiger partial charge in [-0.2, -0.15) is 0 Å². The van der Waals surface area contributed by atoms with Crippen LogP contribution in [0.4, 0.5) is 0 Å². The van der Waals surface area contributed by atoms with Gasteiger partial charge in [0.15, 0.2) is 0 Å². The summed E-state index contributed by atoms with van der Waals surface area (Å²) in [7, 11) is 0. The van der Waals surface area contributed by atoms with Crippen LogP contribution in [0.3, 0.4) is 0 Å². The van der Waals surface area contributed by atoms with Gasteiger partial charge in [-0.25, -0.2) is 9.38 Å². The number of aryl methyl sites for hydroxylation is 1. The van der Waals surface area contributed by atoms with Gasteiger partial charge in [0.05, 0.1) is 23.3 Å². The normalized spacial score (nSPS) is 11.7. The van der Waals surface area contributed by atoms with E-state index in [1.54, 1.807) is 4.40 Å². The second-order valence-corrected chi connectivity index (χ2v) is 7.49. The van der Waals surface area contributed by atoms with Crippen molar-refractivity contribution in [1.29, 1.82) is 0 Å². The maximum atomic E-state index is 13.4. The molecule has 138 valence electrons. The van der Waals surface area contributed by atoms with Crippen LogP contribution in [0, 0.1) is 6.92 Å². The standard InChI is InChI=1S/C23H25N3O/c1-5-18-21(15(2)3)24-23-25(14-17-9-7-6-8-10-17)19-12-11-16(4)13-20(19)26(23)22(18)27/h6-13,15H,5,14H2,1-4H3. The Morgan fingerprint density at radius 1 is 1.04 bits per heavy atom. The highest BCUT2D eigenvalue weighted by Crippen LogP contribution is 2.24. The van der Waals surface area contributed by atoms with Gasteiger partial charge in [-0.15, -0.1) is 0 Å². The van der Waals surface area contributed by atoms with E-state index in [0.29, 0.717) is 13.0 Å². The fourth-order valence-corrected chi connectivity index (χ4v) is 3.84. The Kier molecular flexibility index (Phi) is 4.34. The fourth-order valence-electron chi connectivity index (χ4n) is 3.84. The lowest BCUT2D eigenvalue weighted by molar-refractivity contribution is 0.760. The van der Waals surface area contributed by atoms with Gasteiger partial charge in [0.25, 0.3) is 5.56 Å². The van der Waals surface area contributed by atoms with E-state index >= 15 is 0 Å². The molecule has 0 aliphatic rings. The highest BCUT2D eigenvalue weighted by Gasteiger charge is 2.20. The second-order valence-electron chi connectivity index (χ2n) is 7.49. The number of benzene rings is 2. The van der Waals surface area contributed by atoms with Crippen molar-refractivity contribution in [1.82, 2.24) is 14.0 Å². The summed E-state index contributed by atoms with van der Waals surface area (Å²) in [5.74, 6) is 0.938. The first-order valence-electron chi connectivity index (χ1n) is 9.59. The largest absolute Gasteiger partial charge is 0.305 e. The third-order valence-electron chi connectivity index (χ3n) is 5.18. The van der Waals surface area contributed by atoms with Gasteiger partial charge in [-0.05, 0) is 42.5 Å². The molecule has 2 heterocycles. The zero-order valence-corrected chi connectivity index (χ0v) is 16.4. The quantitative estimate of drug-likeness (QED) is 0.530. The van der Waals surface area contributed by atoms with Crippen LogP contribution < -0.4 is 5.56 Å². The molecule has 27 heavy (non-hydrogen) atoms. The molecule has 0 saturated heterocycles. The molecule has 0 aliphatic carbocycles. The number of imidazole rings is 1. The molecule has 0 aliphatic heterocycles. The first-order valence-corrected chi connectivity index (χ1v) is 9.59. The summed E-state index contributed by atoms with van der Waals surface area (Å²) < 4.78 is 3.97. The third kappa shape index (κ3) is 2.85. The highest BCUT2D eigenvalue weighted by molar-refractivity contribution is 5.81. The van der Waals surface area contributed by atoms with E-state index < -0.39 is 0 Å². The third-order valence-corrected chi connectivity index (χ3v) is 5.18. The van der Waals surface area contributed by atoms with Crippen LogP contribution in [0.25, 0.3) is 16.8 Å². The number of nitrogens with zero attached hydrogens (tertiary/aromatic N) is 3. The summed E-state index contributed by atoms with van der Waals surface area (Å²) in [6.45, 7) is 8.98. The first kappa shape index (κ1) is 17.5. The molecule has 0 radical (unpaired) electrons. The Hall–Kier alpha value is -2.88. The minimum atomic E-state index is 0.0635. The number of aromatic nitrogens is 3. The number of rotatable bonds is 4. The van der Waals surface area contributed by atoms with E-state index in [4.69, 9.17) is 4.98 Å². The van der Waals surface area contributed by atoms with Crippen LogP contribution in [-0.2, 0) is 13.0 Å². The van der Waals surface area contributed by atoms with E-state index in [-0.39, 0.29) is 11.5 Å². The molecule has 0 fully saturated rings. The predicted octanol–water partition coefficient (Wildman–Crippen LogP) is 4.69. The van der Waals surface area contributed by atoms with Gasteiger partial charge in [-0.3, -0.25) is 4.79 Å². The molecule has 2 aromatic heterocycles. The SMILES string of the molecule is CCc1c(C(C)C)nc2n(Cc3ccccc3)c3ccc(C)cc3n2c1=O. The summed E-state index contributed by atoms with van der Waals surface area (Å²) in [5, 5.41) is 0. The van der Waals surface area contributed by atoms with Crippen molar-refractivity contribution in [2.45, 2.75) is 46.6 Å². The topological polar surface area (TPSA) is 39.3 Å². The number of fused-ring (bicyclic) bond motifs is 3. The highest BCUT2D eigenvalue weighted by atomic mass is 16.1. The first-order chi connectivity index (χ1) is 13.0. The van der Waals surface area contributed by atoms with Crippen LogP contribution in [-0.4, -0.2) is 14.0 Å². The van der Waals surface area contributed by atoms with Crippen molar-refractivity contribution in [2.75, 3.05) is 0 Å². The average molecular weight is 359 g/mol. The van der Waals surface area contributed by atoms with Crippen LogP contribution in [0.5, 0.6) is 0 Å². The van der Waals surface area contributed by atoms with E-state index in [0.717, 1.165) is 33.6 Å². The van der Waals surface area contributed by atoms with Crippen LogP contribution in [0.15, 0.2) is 53.3 Å². The van der Waals surface area contributed by atoms with Crippen LogP contribution >= 0.6 is 0 Å². The van der Waals surface area contributed by atoms with Crippen molar-refractivity contribution in [3.8, 4) is 0 Å². The second kappa shape index (κ2) is 6.69. The van der Waals surface area contributed by atoms with E-state index in [1.807, 2.05) is 25.1 Å². The Bertz CT molecular complexity index is 1180. The Labute approximate surface area is 159 Å². The minimum Gasteiger partial charge on any atom is -0.305 e. The summed E-state index contributed by atoms with van der Waals surface area (Å²) in [6.07, 6.45) is 0.694. The van der Waals surface area contributed by atoms with Crippen LogP contribution in [0.1, 0.15) is 49.1 Å². The Balaban J connectivity index is 2.13. The van der Waals surface area contributed by atoms with Crippen molar-refractivity contribution in [3.05, 3.63) is 81.3 Å². The zero-order chi connectivity index (χ0) is 19.1. The minimum absolute atomic E-state index is 0.0635. The monoisotopic (exact) mass is 359 g/mol. The molecular weight excluding hydrogens is 334 g/mol. The van der Waals surface area contributed by atoms with E-state index in [1.165, 1.54) is 5.56 Å². The summed E-state index contributed by atoms with van der Waals surface area (Å²) in [4.78, 5) is 18.4. The lowest BCUT2D eigenvalue weighted by Crippen LogP contribution is -2.23. The maximum absolute atomic E-state index is 13.4. The molecule has 4 rings (SSSR count). The van der Waals surface area contributed by atoms with Gasteiger partial charge < -0.3 is 4.57 Å². The molecule has 0 N–H and O–H groups in total. The number of hydrogen-bond donors (Lipinski definition) is 0.